The molecular formula is C15H22F3N3. The molecule has 0 heterocycles. The Morgan fingerprint density at radius 3 is 2.33 bits per heavy atom. The van der Waals surface area contributed by atoms with Crippen LogP contribution in [0.2, 0.25) is 0 Å². The van der Waals surface area contributed by atoms with Crippen molar-refractivity contribution in [2.75, 3.05) is 6.54 Å². The zero-order chi connectivity index (χ0) is 15.9. The monoisotopic (exact) mass is 301 g/mol. The molecule has 0 spiro atoms. The lowest BCUT2D eigenvalue weighted by Crippen LogP contribution is -2.36. The largest absolute Gasteiger partial charge is 0.416 e. The van der Waals surface area contributed by atoms with Crippen molar-refractivity contribution in [1.29, 1.82) is 0 Å². The van der Waals surface area contributed by atoms with Crippen LogP contribution in [-0.4, -0.2) is 18.5 Å². The molecule has 0 aliphatic rings. The summed E-state index contributed by atoms with van der Waals surface area (Å²) in [6.45, 7) is 4.58. The molecule has 1 aromatic rings. The first-order chi connectivity index (χ1) is 9.79. The van der Waals surface area contributed by atoms with Crippen LogP contribution in [0.4, 0.5) is 13.2 Å². The number of nitrogens with one attached hydrogen (secondary N) is 1. The summed E-state index contributed by atoms with van der Waals surface area (Å²) in [5.74, 6) is 0.430. The van der Waals surface area contributed by atoms with E-state index in [0.717, 1.165) is 37.0 Å². The van der Waals surface area contributed by atoms with Crippen LogP contribution in [-0.2, 0) is 12.6 Å². The van der Waals surface area contributed by atoms with Gasteiger partial charge in [0, 0.05) is 12.6 Å². The Balaban J connectivity index is 2.30. The van der Waals surface area contributed by atoms with Gasteiger partial charge < -0.3 is 11.1 Å². The van der Waals surface area contributed by atoms with Crippen molar-refractivity contribution in [3.05, 3.63) is 35.4 Å². The number of aliphatic imine (C=N–C) groups is 1. The molecule has 21 heavy (non-hydrogen) atoms. The first-order valence-electron chi connectivity index (χ1n) is 7.01. The van der Waals surface area contributed by atoms with Crippen LogP contribution in [0.25, 0.3) is 0 Å². The molecule has 0 atom stereocenters. The predicted octanol–water partition coefficient (Wildman–Crippen LogP) is 3.34. The van der Waals surface area contributed by atoms with Crippen molar-refractivity contribution in [3.63, 3.8) is 0 Å². The number of hydrogen-bond acceptors (Lipinski definition) is 1. The van der Waals surface area contributed by atoms with Gasteiger partial charge in [0.05, 0.1) is 5.56 Å². The number of alkyl halides is 3. The predicted molar refractivity (Wildman–Crippen MR) is 79.1 cm³/mol. The highest BCUT2D eigenvalue weighted by Crippen LogP contribution is 2.29. The summed E-state index contributed by atoms with van der Waals surface area (Å²) in [6.07, 6.45) is -1.81. The number of hydrogen-bond donors (Lipinski definition) is 2. The van der Waals surface area contributed by atoms with E-state index >= 15 is 0 Å². The highest BCUT2D eigenvalue weighted by Gasteiger charge is 2.29. The number of aryl methyl sites for hydroxylation is 1. The molecule has 0 aromatic heterocycles. The SMILES string of the molecule is CC(C)NC(N)=NCCCCc1ccc(C(F)(F)F)cc1. The van der Waals surface area contributed by atoms with E-state index < -0.39 is 11.7 Å². The first kappa shape index (κ1) is 17.3. The van der Waals surface area contributed by atoms with E-state index in [4.69, 9.17) is 5.73 Å². The summed E-state index contributed by atoms with van der Waals surface area (Å²) in [6, 6.07) is 5.55. The van der Waals surface area contributed by atoms with E-state index in [1.54, 1.807) is 0 Å². The molecule has 0 amide bonds. The molecule has 0 fully saturated rings. The molecule has 0 radical (unpaired) electrons. The maximum absolute atomic E-state index is 12.4. The van der Waals surface area contributed by atoms with Crippen LogP contribution in [0.3, 0.4) is 0 Å². The quantitative estimate of drug-likeness (QED) is 0.481. The number of nitrogens with two attached hydrogens (primary N) is 1. The molecule has 0 aliphatic carbocycles. The van der Waals surface area contributed by atoms with Crippen molar-refractivity contribution in [1.82, 2.24) is 5.32 Å². The van der Waals surface area contributed by atoms with Crippen LogP contribution >= 0.6 is 0 Å². The number of halogens is 3. The lowest BCUT2D eigenvalue weighted by Gasteiger charge is -2.08. The lowest BCUT2D eigenvalue weighted by molar-refractivity contribution is -0.137. The van der Waals surface area contributed by atoms with Gasteiger partial charge in [0.15, 0.2) is 5.96 Å². The molecule has 6 heteroatoms. The summed E-state index contributed by atoms with van der Waals surface area (Å²) in [5, 5.41) is 2.99. The number of unbranched alkanes of at least 4 members (excludes halogenated alkanes) is 1. The van der Waals surface area contributed by atoms with Crippen molar-refractivity contribution in [3.8, 4) is 0 Å². The van der Waals surface area contributed by atoms with E-state index in [9.17, 15) is 13.2 Å². The average molecular weight is 301 g/mol. The Morgan fingerprint density at radius 1 is 1.19 bits per heavy atom. The van der Waals surface area contributed by atoms with Gasteiger partial charge in [-0.05, 0) is 50.8 Å². The molecule has 0 saturated carbocycles. The van der Waals surface area contributed by atoms with Crippen LogP contribution in [0.15, 0.2) is 29.3 Å². The van der Waals surface area contributed by atoms with Crippen LogP contribution in [0.5, 0.6) is 0 Å². The summed E-state index contributed by atoms with van der Waals surface area (Å²) in [7, 11) is 0. The summed E-state index contributed by atoms with van der Waals surface area (Å²) >= 11 is 0. The van der Waals surface area contributed by atoms with E-state index in [1.807, 2.05) is 13.8 Å². The van der Waals surface area contributed by atoms with Gasteiger partial charge in [-0.25, -0.2) is 0 Å². The van der Waals surface area contributed by atoms with Gasteiger partial charge in [-0.15, -0.1) is 0 Å². The van der Waals surface area contributed by atoms with Gasteiger partial charge in [-0.2, -0.15) is 13.2 Å². The molecule has 118 valence electrons. The Bertz CT molecular complexity index is 450. The highest BCUT2D eigenvalue weighted by atomic mass is 19.4. The van der Waals surface area contributed by atoms with Crippen LogP contribution < -0.4 is 11.1 Å². The van der Waals surface area contributed by atoms with Crippen LogP contribution in [0, 0.1) is 0 Å². The van der Waals surface area contributed by atoms with Gasteiger partial charge in [-0.3, -0.25) is 4.99 Å². The third kappa shape index (κ3) is 7.02. The molecule has 1 rings (SSSR count). The normalized spacial score (nSPS) is 12.8. The molecule has 0 aliphatic heterocycles. The van der Waals surface area contributed by atoms with E-state index in [0.29, 0.717) is 12.5 Å². The Hall–Kier alpha value is -1.72. The zero-order valence-corrected chi connectivity index (χ0v) is 12.4. The van der Waals surface area contributed by atoms with Crippen molar-refractivity contribution < 1.29 is 13.2 Å². The summed E-state index contributed by atoms with van der Waals surface area (Å²) < 4.78 is 37.2. The van der Waals surface area contributed by atoms with Gasteiger partial charge >= 0.3 is 6.18 Å². The fourth-order valence-corrected chi connectivity index (χ4v) is 1.84. The minimum atomic E-state index is -4.27. The summed E-state index contributed by atoms with van der Waals surface area (Å²) in [5.41, 5.74) is 5.95. The second-order valence-electron chi connectivity index (χ2n) is 5.22. The number of benzene rings is 1. The topological polar surface area (TPSA) is 50.4 Å². The zero-order valence-electron chi connectivity index (χ0n) is 12.4. The van der Waals surface area contributed by atoms with Crippen molar-refractivity contribution >= 4 is 5.96 Å². The molecule has 0 bridgehead atoms. The van der Waals surface area contributed by atoms with E-state index in [1.165, 1.54) is 12.1 Å². The van der Waals surface area contributed by atoms with Crippen molar-refractivity contribution in [2.24, 2.45) is 10.7 Å². The minimum Gasteiger partial charge on any atom is -0.370 e. The molecule has 0 unspecified atom stereocenters. The second-order valence-corrected chi connectivity index (χ2v) is 5.22. The fourth-order valence-electron chi connectivity index (χ4n) is 1.84. The van der Waals surface area contributed by atoms with Gasteiger partial charge in [0.25, 0.3) is 0 Å². The number of rotatable bonds is 6. The summed E-state index contributed by atoms with van der Waals surface area (Å²) in [4.78, 5) is 4.18. The average Bonchev–Trinajstić information content (AvgIpc) is 2.37. The Morgan fingerprint density at radius 2 is 1.81 bits per heavy atom. The van der Waals surface area contributed by atoms with Crippen molar-refractivity contribution in [2.45, 2.75) is 45.3 Å². The lowest BCUT2D eigenvalue weighted by atomic mass is 10.1. The number of nitrogens with zero attached hydrogens (tertiary/aromatic N) is 1. The third-order valence-corrected chi connectivity index (χ3v) is 2.87. The van der Waals surface area contributed by atoms with Gasteiger partial charge in [-0.1, -0.05) is 12.1 Å². The molecule has 0 saturated heterocycles. The molecule has 3 nitrogen and oxygen atoms in total. The maximum Gasteiger partial charge on any atom is 0.416 e. The Kier molecular flexibility index (Phi) is 6.52. The minimum absolute atomic E-state index is 0.251. The first-order valence-corrected chi connectivity index (χ1v) is 7.01. The molecule has 1 aromatic carbocycles. The maximum atomic E-state index is 12.4. The third-order valence-electron chi connectivity index (χ3n) is 2.87. The Labute approximate surface area is 123 Å². The smallest absolute Gasteiger partial charge is 0.370 e. The van der Waals surface area contributed by atoms with Gasteiger partial charge in [0.1, 0.15) is 0 Å². The highest BCUT2D eigenvalue weighted by molar-refractivity contribution is 5.77. The molecule has 3 N–H and O–H groups in total. The van der Waals surface area contributed by atoms with Crippen LogP contribution in [0.1, 0.15) is 37.8 Å². The standard InChI is InChI=1S/C15H22F3N3/c1-11(2)21-14(19)20-10-4-3-5-12-6-8-13(9-7-12)15(16,17)18/h6-9,11H,3-5,10H2,1-2H3,(H3,19,20,21). The molecular weight excluding hydrogens is 279 g/mol. The van der Waals surface area contributed by atoms with E-state index in [-0.39, 0.29) is 6.04 Å². The van der Waals surface area contributed by atoms with E-state index in [2.05, 4.69) is 10.3 Å². The van der Waals surface area contributed by atoms with Gasteiger partial charge in [0.2, 0.25) is 0 Å². The number of guanidine groups is 1. The second kappa shape index (κ2) is 7.90. The fraction of sp³-hybridized carbons (Fsp3) is 0.533.